The molecule has 5 heterocycles. The lowest BCUT2D eigenvalue weighted by Crippen LogP contribution is -2.04. The van der Waals surface area contributed by atoms with Crippen LogP contribution in [0.15, 0.2) is 91.0 Å². The van der Waals surface area contributed by atoms with Gasteiger partial charge in [-0.15, -0.1) is 11.3 Å². The summed E-state index contributed by atoms with van der Waals surface area (Å²) in [4.78, 5) is 13.3. The smallest absolute Gasteiger partial charge is 0.128 e. The minimum Gasteiger partial charge on any atom is -0.494 e. The summed E-state index contributed by atoms with van der Waals surface area (Å²) in [5, 5.41) is 22.8. The monoisotopic (exact) mass is 753 g/mol. The molecule has 7 heteroatoms. The number of aliphatic hydroxyl groups is 2. The molecule has 286 valence electrons. The molecule has 2 aliphatic rings. The molecule has 0 fully saturated rings. The average molecular weight is 754 g/mol. The molecule has 8 bridgehead atoms. The van der Waals surface area contributed by atoms with E-state index in [4.69, 9.17) is 14.7 Å². The number of hydrogen-bond donors (Lipinski definition) is 3. The van der Waals surface area contributed by atoms with Crippen molar-refractivity contribution in [3.05, 3.63) is 114 Å². The summed E-state index contributed by atoms with van der Waals surface area (Å²) in [5.74, 6) is 0.825. The molecule has 0 spiro atoms. The molecule has 0 aliphatic carbocycles. The van der Waals surface area contributed by atoms with E-state index in [1.807, 2.05) is 48.6 Å². The van der Waals surface area contributed by atoms with Crippen molar-refractivity contribution in [1.29, 1.82) is 0 Å². The van der Waals surface area contributed by atoms with Gasteiger partial charge in [0.25, 0.3) is 0 Å². The Balaban J connectivity index is 1.09. The van der Waals surface area contributed by atoms with Crippen LogP contribution in [0.2, 0.25) is 0 Å². The predicted molar refractivity (Wildman–Crippen MR) is 230 cm³/mol. The summed E-state index contributed by atoms with van der Waals surface area (Å²) >= 11 is 1.65. The van der Waals surface area contributed by atoms with Crippen molar-refractivity contribution in [3.8, 4) is 28.0 Å². The van der Waals surface area contributed by atoms with Crippen molar-refractivity contribution in [2.45, 2.75) is 109 Å². The van der Waals surface area contributed by atoms with Gasteiger partial charge in [0.05, 0.1) is 29.4 Å². The lowest BCUT2D eigenvalue weighted by Gasteiger charge is -2.12. The SMILES string of the molecule is CCCCCCCCCCCCCCCCOc1ccc(-c2c3nc(cc4nc(cc5ccc([nH]5)c(-c5ccccc5)c5ccc2s5)C=C4)C(O)C3O)cc1. The van der Waals surface area contributed by atoms with E-state index in [2.05, 4.69) is 60.4 Å². The first-order valence-corrected chi connectivity index (χ1v) is 21.4. The molecule has 2 aliphatic heterocycles. The quantitative estimate of drug-likeness (QED) is 0.0760. The number of aromatic nitrogens is 3. The summed E-state index contributed by atoms with van der Waals surface area (Å²) in [7, 11) is 0. The zero-order chi connectivity index (χ0) is 37.8. The minimum atomic E-state index is -1.19. The summed E-state index contributed by atoms with van der Waals surface area (Å²) in [5.41, 5.74) is 8.12. The number of thiophene rings is 1. The van der Waals surface area contributed by atoms with Crippen LogP contribution >= 0.6 is 11.3 Å². The van der Waals surface area contributed by atoms with Crippen LogP contribution in [0, 0.1) is 0 Å². The molecule has 3 aromatic heterocycles. The molecule has 0 saturated heterocycles. The Bertz CT molecular complexity index is 2190. The third-order valence-corrected chi connectivity index (χ3v) is 11.8. The highest BCUT2D eigenvalue weighted by molar-refractivity contribution is 7.24. The average Bonchev–Trinajstić information content (AvgIpc) is 4.02. The van der Waals surface area contributed by atoms with Gasteiger partial charge in [-0.2, -0.15) is 0 Å². The third kappa shape index (κ3) is 10.0. The number of nitrogens with one attached hydrogen (secondary N) is 1. The van der Waals surface area contributed by atoms with Crippen molar-refractivity contribution in [1.82, 2.24) is 15.0 Å². The fourth-order valence-corrected chi connectivity index (χ4v) is 8.84. The van der Waals surface area contributed by atoms with E-state index in [1.165, 1.54) is 83.5 Å². The highest BCUT2D eigenvalue weighted by Gasteiger charge is 2.32. The molecule has 55 heavy (non-hydrogen) atoms. The second kappa shape index (κ2) is 19.3. The predicted octanol–water partition coefficient (Wildman–Crippen LogP) is 13.2. The van der Waals surface area contributed by atoms with Gasteiger partial charge in [0.15, 0.2) is 0 Å². The molecule has 3 N–H and O–H groups in total. The molecular weight excluding hydrogens is 699 g/mol. The maximum absolute atomic E-state index is 11.5. The van der Waals surface area contributed by atoms with E-state index >= 15 is 0 Å². The van der Waals surface area contributed by atoms with Gasteiger partial charge in [0.1, 0.15) is 18.0 Å². The largest absolute Gasteiger partial charge is 0.494 e. The van der Waals surface area contributed by atoms with Gasteiger partial charge in [0.2, 0.25) is 0 Å². The second-order valence-electron chi connectivity index (χ2n) is 15.0. The normalized spacial score (nSPS) is 15.1. The van der Waals surface area contributed by atoms with Crippen molar-refractivity contribution in [2.24, 2.45) is 0 Å². The molecule has 5 aromatic rings. The number of nitrogens with zero attached hydrogens (tertiary/aromatic N) is 2. The molecular formula is C48H55N3O3S. The van der Waals surface area contributed by atoms with Gasteiger partial charge in [-0.05, 0) is 78.2 Å². The van der Waals surface area contributed by atoms with Gasteiger partial charge in [-0.1, -0.05) is 133 Å². The van der Waals surface area contributed by atoms with Crippen molar-refractivity contribution >= 4 is 43.9 Å². The lowest BCUT2D eigenvalue weighted by molar-refractivity contribution is 0.0256. The molecule has 7 rings (SSSR count). The number of benzene rings is 2. The molecule has 0 saturated carbocycles. The van der Waals surface area contributed by atoms with Crippen molar-refractivity contribution < 1.29 is 14.9 Å². The van der Waals surface area contributed by atoms with Crippen LogP contribution in [-0.2, 0) is 0 Å². The van der Waals surface area contributed by atoms with E-state index < -0.39 is 12.2 Å². The second-order valence-corrected chi connectivity index (χ2v) is 16.1. The van der Waals surface area contributed by atoms with Crippen LogP contribution in [0.1, 0.15) is 132 Å². The fourth-order valence-electron chi connectivity index (χ4n) is 7.67. The van der Waals surface area contributed by atoms with Gasteiger partial charge in [0, 0.05) is 31.6 Å². The molecule has 2 atom stereocenters. The molecule has 0 amide bonds. The van der Waals surface area contributed by atoms with Crippen LogP contribution in [0.25, 0.3) is 54.8 Å². The Morgan fingerprint density at radius 3 is 1.87 bits per heavy atom. The number of H-pyrrole nitrogens is 1. The molecule has 0 radical (unpaired) electrons. The Labute approximate surface area is 330 Å². The first-order chi connectivity index (χ1) is 27.1. The van der Waals surface area contributed by atoms with Gasteiger partial charge >= 0.3 is 0 Å². The van der Waals surface area contributed by atoms with Crippen LogP contribution < -0.4 is 4.74 Å². The van der Waals surface area contributed by atoms with E-state index in [0.717, 1.165) is 60.6 Å². The highest BCUT2D eigenvalue weighted by atomic mass is 32.1. The zero-order valence-corrected chi connectivity index (χ0v) is 33.0. The van der Waals surface area contributed by atoms with Crippen molar-refractivity contribution in [3.63, 3.8) is 0 Å². The van der Waals surface area contributed by atoms with E-state index in [-0.39, 0.29) is 0 Å². The first kappa shape index (κ1) is 38.7. The Hall–Kier alpha value is -4.56. The number of aliphatic hydroxyl groups excluding tert-OH is 2. The lowest BCUT2D eigenvalue weighted by atomic mass is 10.0. The van der Waals surface area contributed by atoms with Gasteiger partial charge in [-0.25, -0.2) is 4.98 Å². The maximum atomic E-state index is 11.5. The van der Waals surface area contributed by atoms with Crippen LogP contribution in [-0.4, -0.2) is 31.8 Å². The van der Waals surface area contributed by atoms with Crippen molar-refractivity contribution in [2.75, 3.05) is 6.61 Å². The number of hydrogen-bond acceptors (Lipinski definition) is 6. The van der Waals surface area contributed by atoms with E-state index in [0.29, 0.717) is 23.7 Å². The first-order valence-electron chi connectivity index (χ1n) is 20.5. The number of aromatic amines is 1. The molecule has 2 unspecified atom stereocenters. The minimum absolute atomic E-state index is 0.389. The summed E-state index contributed by atoms with van der Waals surface area (Å²) < 4.78 is 8.20. The summed E-state index contributed by atoms with van der Waals surface area (Å²) in [6.07, 6.45) is 20.2. The van der Waals surface area contributed by atoms with Gasteiger partial charge < -0.3 is 19.9 Å². The molecule has 2 aromatic carbocycles. The fraction of sp³-hybridized carbons (Fsp3) is 0.375. The number of fused-ring (bicyclic) bond motifs is 8. The maximum Gasteiger partial charge on any atom is 0.128 e. The zero-order valence-electron chi connectivity index (χ0n) is 32.2. The van der Waals surface area contributed by atoms with Crippen LogP contribution in [0.3, 0.4) is 0 Å². The number of ether oxygens (including phenoxy) is 1. The van der Waals surface area contributed by atoms with Crippen LogP contribution in [0.5, 0.6) is 5.75 Å². The number of unbranched alkanes of at least 4 members (excludes halogenated alkanes) is 13. The van der Waals surface area contributed by atoms with Gasteiger partial charge in [-0.3, -0.25) is 4.98 Å². The Kier molecular flexibility index (Phi) is 13.6. The summed E-state index contributed by atoms with van der Waals surface area (Å²) in [6.45, 7) is 2.98. The standard InChI is InChI=1S/C48H55N3O3S/c1-2-3-4-5-6-7-8-9-10-11-12-13-14-18-31-54-39-26-21-35(22-27-39)45-43-30-29-42(55-43)44(34-19-16-15-17-20-34)40-28-25-37(50-40)32-36-23-24-38(49-36)33-41-47(52)48(53)46(45)51-41/h15-17,19-30,32-33,47-48,50,52-53H,2-14,18,31H2,1H3. The van der Waals surface area contributed by atoms with E-state index in [1.54, 1.807) is 17.4 Å². The molecule has 6 nitrogen and oxygen atoms in total. The Morgan fingerprint density at radius 2 is 1.20 bits per heavy atom. The Morgan fingerprint density at radius 1 is 0.600 bits per heavy atom. The highest BCUT2D eigenvalue weighted by Crippen LogP contribution is 2.43. The summed E-state index contributed by atoms with van der Waals surface area (Å²) in [6, 6.07) is 30.7. The third-order valence-electron chi connectivity index (χ3n) is 10.7. The van der Waals surface area contributed by atoms with E-state index in [9.17, 15) is 10.2 Å². The topological polar surface area (TPSA) is 91.3 Å². The van der Waals surface area contributed by atoms with Crippen LogP contribution in [0.4, 0.5) is 0 Å². The number of rotatable bonds is 18.